The van der Waals surface area contributed by atoms with Crippen LogP contribution in [-0.2, 0) is 13.0 Å². The van der Waals surface area contributed by atoms with Crippen molar-refractivity contribution in [2.75, 3.05) is 33.1 Å². The molecule has 2 aromatic rings. The molecule has 0 aliphatic heterocycles. The van der Waals surface area contributed by atoms with Crippen LogP contribution in [0.3, 0.4) is 0 Å². The third kappa shape index (κ3) is 4.28. The molecule has 1 heterocycles. The number of aryl methyl sites for hydroxylation is 2. The highest BCUT2D eigenvalue weighted by Crippen LogP contribution is 2.29. The van der Waals surface area contributed by atoms with Gasteiger partial charge in [0.05, 0.1) is 25.6 Å². The molecule has 0 radical (unpaired) electrons. The molecule has 0 saturated carbocycles. The van der Waals surface area contributed by atoms with E-state index in [4.69, 9.17) is 9.47 Å². The highest BCUT2D eigenvalue weighted by Gasteiger charge is 2.15. The number of nitrogens with zero attached hydrogens (tertiary/aromatic N) is 3. The number of hydrogen-bond donors (Lipinski definition) is 1. The minimum Gasteiger partial charge on any atom is -0.497 e. The van der Waals surface area contributed by atoms with Crippen molar-refractivity contribution in [3.8, 4) is 11.5 Å². The smallest absolute Gasteiger partial charge is 0.321 e. The van der Waals surface area contributed by atoms with E-state index in [1.54, 1.807) is 44.4 Å². The predicted molar refractivity (Wildman–Crippen MR) is 102 cm³/mol. The number of benzene rings is 1. The van der Waals surface area contributed by atoms with Gasteiger partial charge in [0.15, 0.2) is 0 Å². The van der Waals surface area contributed by atoms with Gasteiger partial charge in [0.25, 0.3) is 0 Å². The predicted octanol–water partition coefficient (Wildman–Crippen LogP) is 3.24. The van der Waals surface area contributed by atoms with Gasteiger partial charge in [-0.15, -0.1) is 0 Å². The number of nitrogens with one attached hydrogen (secondary N) is 1. The lowest BCUT2D eigenvalue weighted by Gasteiger charge is -2.19. The summed E-state index contributed by atoms with van der Waals surface area (Å²) in [7, 11) is 4.93. The zero-order valence-electron chi connectivity index (χ0n) is 16.4. The zero-order chi connectivity index (χ0) is 19.3. The van der Waals surface area contributed by atoms with Crippen molar-refractivity contribution in [3.05, 3.63) is 35.2 Å². The van der Waals surface area contributed by atoms with Crippen LogP contribution in [0.4, 0.5) is 10.5 Å². The Bertz CT molecular complexity index is 770. The normalized spacial score (nSPS) is 10.5. The maximum atomic E-state index is 12.5. The van der Waals surface area contributed by atoms with E-state index >= 15 is 0 Å². The Balaban J connectivity index is 2.03. The molecule has 1 N–H and O–H groups in total. The standard InChI is InChI=1S/C19H28N4O3/c1-7-23-14(3)16(13(2)21-23)10-11-22(4)19(24)20-17-12-15(25-5)8-9-18(17)26-6/h8-9,12H,7,10-11H2,1-6H3,(H,20,24). The van der Waals surface area contributed by atoms with Gasteiger partial charge >= 0.3 is 6.03 Å². The van der Waals surface area contributed by atoms with E-state index in [-0.39, 0.29) is 6.03 Å². The molecule has 0 bridgehead atoms. The van der Waals surface area contributed by atoms with Crippen molar-refractivity contribution < 1.29 is 14.3 Å². The number of likely N-dealkylation sites (N-methyl/N-ethyl adjacent to an activating group) is 1. The topological polar surface area (TPSA) is 68.6 Å². The largest absolute Gasteiger partial charge is 0.497 e. The van der Waals surface area contributed by atoms with Gasteiger partial charge in [-0.2, -0.15) is 5.10 Å². The molecule has 2 amide bonds. The van der Waals surface area contributed by atoms with E-state index in [1.165, 1.54) is 5.56 Å². The number of methoxy groups -OCH3 is 2. The maximum Gasteiger partial charge on any atom is 0.321 e. The first-order chi connectivity index (χ1) is 12.4. The Hall–Kier alpha value is -2.70. The van der Waals surface area contributed by atoms with E-state index in [2.05, 4.69) is 24.3 Å². The second-order valence-electron chi connectivity index (χ2n) is 6.13. The fraction of sp³-hybridized carbons (Fsp3) is 0.474. The van der Waals surface area contributed by atoms with Gasteiger partial charge in [0.1, 0.15) is 11.5 Å². The monoisotopic (exact) mass is 360 g/mol. The van der Waals surface area contributed by atoms with Gasteiger partial charge in [0.2, 0.25) is 0 Å². The van der Waals surface area contributed by atoms with E-state index in [0.717, 1.165) is 24.4 Å². The lowest BCUT2D eigenvalue weighted by Crippen LogP contribution is -2.33. The number of hydrogen-bond acceptors (Lipinski definition) is 4. The van der Waals surface area contributed by atoms with Crippen LogP contribution < -0.4 is 14.8 Å². The first kappa shape index (κ1) is 19.6. The number of rotatable bonds is 7. The number of aromatic nitrogens is 2. The van der Waals surface area contributed by atoms with Gasteiger partial charge in [-0.05, 0) is 44.9 Å². The Morgan fingerprint density at radius 1 is 1.27 bits per heavy atom. The summed E-state index contributed by atoms with van der Waals surface area (Å²) in [6, 6.07) is 5.09. The van der Waals surface area contributed by atoms with Crippen LogP contribution in [-0.4, -0.2) is 48.5 Å². The summed E-state index contributed by atoms with van der Waals surface area (Å²) in [6.07, 6.45) is 0.761. The summed E-state index contributed by atoms with van der Waals surface area (Å²) in [4.78, 5) is 14.2. The second kappa shape index (κ2) is 8.60. The molecule has 0 fully saturated rings. The van der Waals surface area contributed by atoms with Crippen molar-refractivity contribution in [1.29, 1.82) is 0 Å². The Labute approximate surface area is 154 Å². The molecular formula is C19H28N4O3. The number of amides is 2. The summed E-state index contributed by atoms with van der Waals surface area (Å²) < 4.78 is 12.5. The molecule has 0 atom stereocenters. The quantitative estimate of drug-likeness (QED) is 0.823. The molecule has 2 rings (SSSR count). The van der Waals surface area contributed by atoms with Crippen molar-refractivity contribution in [2.24, 2.45) is 0 Å². The number of urea groups is 1. The summed E-state index contributed by atoms with van der Waals surface area (Å²) in [6.45, 7) is 7.59. The summed E-state index contributed by atoms with van der Waals surface area (Å²) in [5.74, 6) is 1.24. The molecule has 0 aliphatic rings. The SMILES string of the molecule is CCn1nc(C)c(CCN(C)C(=O)Nc2cc(OC)ccc2OC)c1C. The van der Waals surface area contributed by atoms with E-state index in [1.807, 2.05) is 11.6 Å². The van der Waals surface area contributed by atoms with E-state index in [9.17, 15) is 4.79 Å². The van der Waals surface area contributed by atoms with Gasteiger partial charge in [0, 0.05) is 31.9 Å². The van der Waals surface area contributed by atoms with Crippen LogP contribution in [0, 0.1) is 13.8 Å². The van der Waals surface area contributed by atoms with Gasteiger partial charge in [-0.25, -0.2) is 4.79 Å². The van der Waals surface area contributed by atoms with Crippen molar-refractivity contribution in [2.45, 2.75) is 33.7 Å². The number of ether oxygens (including phenoxy) is 2. The van der Waals surface area contributed by atoms with Crippen LogP contribution in [0.25, 0.3) is 0 Å². The first-order valence-electron chi connectivity index (χ1n) is 8.68. The minimum atomic E-state index is -0.199. The van der Waals surface area contributed by atoms with Gasteiger partial charge in [-0.1, -0.05) is 0 Å². The van der Waals surface area contributed by atoms with Crippen LogP contribution in [0.5, 0.6) is 11.5 Å². The van der Waals surface area contributed by atoms with Crippen LogP contribution in [0.2, 0.25) is 0 Å². The lowest BCUT2D eigenvalue weighted by molar-refractivity contribution is 0.223. The van der Waals surface area contributed by atoms with Crippen molar-refractivity contribution >= 4 is 11.7 Å². The molecule has 26 heavy (non-hydrogen) atoms. The zero-order valence-corrected chi connectivity index (χ0v) is 16.4. The maximum absolute atomic E-state index is 12.5. The van der Waals surface area contributed by atoms with E-state index < -0.39 is 0 Å². The van der Waals surface area contributed by atoms with Crippen LogP contribution in [0.1, 0.15) is 23.9 Å². The third-order valence-corrected chi connectivity index (χ3v) is 4.52. The molecule has 1 aromatic heterocycles. The third-order valence-electron chi connectivity index (χ3n) is 4.52. The number of carbonyl (C=O) groups excluding carboxylic acids is 1. The molecule has 0 spiro atoms. The van der Waals surface area contributed by atoms with Crippen LogP contribution in [0.15, 0.2) is 18.2 Å². The minimum absolute atomic E-state index is 0.199. The van der Waals surface area contributed by atoms with Crippen molar-refractivity contribution in [1.82, 2.24) is 14.7 Å². The van der Waals surface area contributed by atoms with Gasteiger partial charge in [-0.3, -0.25) is 4.68 Å². The average Bonchev–Trinajstić information content (AvgIpc) is 2.92. The van der Waals surface area contributed by atoms with Gasteiger partial charge < -0.3 is 19.7 Å². The molecule has 1 aromatic carbocycles. The molecule has 0 aliphatic carbocycles. The Morgan fingerprint density at radius 3 is 2.58 bits per heavy atom. The molecule has 7 nitrogen and oxygen atoms in total. The van der Waals surface area contributed by atoms with Crippen LogP contribution >= 0.6 is 0 Å². The summed E-state index contributed by atoms with van der Waals surface area (Å²) >= 11 is 0. The van der Waals surface area contributed by atoms with E-state index in [0.29, 0.717) is 23.7 Å². The highest BCUT2D eigenvalue weighted by molar-refractivity contribution is 5.91. The molecular weight excluding hydrogens is 332 g/mol. The molecule has 142 valence electrons. The summed E-state index contributed by atoms with van der Waals surface area (Å²) in [5, 5.41) is 7.41. The molecule has 0 saturated heterocycles. The first-order valence-corrected chi connectivity index (χ1v) is 8.68. The summed E-state index contributed by atoms with van der Waals surface area (Å²) in [5.41, 5.74) is 3.96. The second-order valence-corrected chi connectivity index (χ2v) is 6.13. The molecule has 7 heteroatoms. The lowest BCUT2D eigenvalue weighted by atomic mass is 10.1. The molecule has 0 unspecified atom stereocenters. The highest BCUT2D eigenvalue weighted by atomic mass is 16.5. The average molecular weight is 360 g/mol. The Morgan fingerprint density at radius 2 is 2.00 bits per heavy atom. The fourth-order valence-electron chi connectivity index (χ4n) is 2.91. The number of anilines is 1. The number of carbonyl (C=O) groups is 1. The van der Waals surface area contributed by atoms with Crippen molar-refractivity contribution in [3.63, 3.8) is 0 Å². The Kier molecular flexibility index (Phi) is 6.49. The fourth-order valence-corrected chi connectivity index (χ4v) is 2.91.